The fraction of sp³-hybridized carbons (Fsp3) is 0.364. The average Bonchev–Trinajstić information content (AvgIpc) is 3.44. The second-order valence-corrected chi connectivity index (χ2v) is 7.04. The van der Waals surface area contributed by atoms with Crippen molar-refractivity contribution in [2.75, 3.05) is 26.4 Å². The highest BCUT2D eigenvalue weighted by molar-refractivity contribution is 5.41. The van der Waals surface area contributed by atoms with E-state index in [0.717, 1.165) is 23.5 Å². The van der Waals surface area contributed by atoms with Gasteiger partial charge >= 0.3 is 0 Å². The summed E-state index contributed by atoms with van der Waals surface area (Å²) in [5.41, 5.74) is 0.466. The van der Waals surface area contributed by atoms with E-state index in [1.165, 1.54) is 0 Å². The second kappa shape index (κ2) is 10.1. The van der Waals surface area contributed by atoms with Crippen LogP contribution in [0.25, 0.3) is 0 Å². The number of aryl methyl sites for hydroxylation is 1. The van der Waals surface area contributed by atoms with Crippen LogP contribution in [0.5, 0.6) is 5.75 Å². The predicted octanol–water partition coefficient (Wildman–Crippen LogP) is 1.22. The van der Waals surface area contributed by atoms with Crippen LogP contribution in [0.4, 0.5) is 0 Å². The molecule has 8 heteroatoms. The number of imidazole rings is 1. The number of aliphatic hydroxyl groups excluding tert-OH is 3. The van der Waals surface area contributed by atoms with Gasteiger partial charge in [0.25, 0.3) is 0 Å². The molecule has 0 aliphatic rings. The molecule has 3 aromatic rings. The minimum Gasteiger partial charge on any atom is -0.493 e. The minimum absolute atomic E-state index is 0.000965. The third-order valence-electron chi connectivity index (χ3n) is 4.74. The van der Waals surface area contributed by atoms with Gasteiger partial charge in [-0.05, 0) is 30.2 Å². The van der Waals surface area contributed by atoms with Crippen LogP contribution in [0.15, 0.2) is 47.2 Å². The molecule has 0 aliphatic carbocycles. The lowest BCUT2D eigenvalue weighted by atomic mass is 9.93. The summed E-state index contributed by atoms with van der Waals surface area (Å²) < 4.78 is 12.9. The van der Waals surface area contributed by atoms with Crippen molar-refractivity contribution in [2.45, 2.75) is 19.9 Å². The van der Waals surface area contributed by atoms with Gasteiger partial charge in [0.15, 0.2) is 0 Å². The molecule has 0 saturated heterocycles. The van der Waals surface area contributed by atoms with E-state index in [1.54, 1.807) is 30.5 Å². The number of aromatic nitrogens is 3. The fourth-order valence-corrected chi connectivity index (χ4v) is 2.71. The predicted molar refractivity (Wildman–Crippen MR) is 109 cm³/mol. The molecule has 3 N–H and O–H groups in total. The molecule has 30 heavy (non-hydrogen) atoms. The van der Waals surface area contributed by atoms with E-state index in [2.05, 4.69) is 28.9 Å². The first-order valence-electron chi connectivity index (χ1n) is 9.64. The number of nitrogens with zero attached hydrogens (tertiary/aromatic N) is 3. The van der Waals surface area contributed by atoms with Crippen LogP contribution in [0.2, 0.25) is 0 Å². The number of hydrogen-bond acceptors (Lipinski definition) is 7. The molecule has 8 nitrogen and oxygen atoms in total. The highest BCUT2D eigenvalue weighted by atomic mass is 16.5. The molecule has 0 unspecified atom stereocenters. The van der Waals surface area contributed by atoms with E-state index in [4.69, 9.17) is 9.26 Å². The van der Waals surface area contributed by atoms with Crippen LogP contribution in [0, 0.1) is 17.3 Å². The molecular formula is C22H25N3O5. The number of rotatable bonds is 9. The van der Waals surface area contributed by atoms with E-state index in [1.807, 2.05) is 16.8 Å². The summed E-state index contributed by atoms with van der Waals surface area (Å²) in [5.74, 6) is 7.97. The molecule has 158 valence electrons. The molecule has 0 spiro atoms. The highest BCUT2D eigenvalue weighted by Gasteiger charge is 2.29. The molecule has 0 amide bonds. The van der Waals surface area contributed by atoms with Gasteiger partial charge in [-0.25, -0.2) is 4.98 Å². The normalized spacial score (nSPS) is 11.2. The summed E-state index contributed by atoms with van der Waals surface area (Å²) >= 11 is 0. The Bertz CT molecular complexity index is 985. The summed E-state index contributed by atoms with van der Waals surface area (Å²) in [6.45, 7) is 1.52. The molecule has 0 fully saturated rings. The minimum atomic E-state index is -1.07. The monoisotopic (exact) mass is 411 g/mol. The Hall–Kier alpha value is -3.12. The Morgan fingerprint density at radius 3 is 2.50 bits per heavy atom. The number of hydrogen-bond donors (Lipinski definition) is 3. The van der Waals surface area contributed by atoms with Crippen LogP contribution < -0.4 is 4.74 Å². The molecule has 3 rings (SSSR count). The fourth-order valence-electron chi connectivity index (χ4n) is 2.71. The number of aliphatic hydroxyl groups is 3. The molecule has 1 aromatic carbocycles. The lowest BCUT2D eigenvalue weighted by Gasteiger charge is -2.27. The van der Waals surface area contributed by atoms with Crippen molar-refractivity contribution in [3.8, 4) is 17.6 Å². The van der Waals surface area contributed by atoms with Gasteiger partial charge < -0.3 is 29.1 Å². The SMILES string of the molecule is CCc1nccn1Cc1cc(C#Cc2ccc(OCC(CO)(CO)CO)cc2)on1. The number of ether oxygens (including phenoxy) is 1. The van der Waals surface area contributed by atoms with Crippen molar-refractivity contribution in [3.63, 3.8) is 0 Å². The van der Waals surface area contributed by atoms with Crippen molar-refractivity contribution < 1.29 is 24.6 Å². The highest BCUT2D eigenvalue weighted by Crippen LogP contribution is 2.19. The van der Waals surface area contributed by atoms with Crippen LogP contribution in [0.1, 0.15) is 29.8 Å². The first kappa shape index (κ1) is 21.6. The molecule has 0 atom stereocenters. The zero-order chi connectivity index (χ0) is 21.4. The molecule has 0 aliphatic heterocycles. The van der Waals surface area contributed by atoms with Gasteiger partial charge in [0.05, 0.1) is 31.8 Å². The Balaban J connectivity index is 1.60. The number of benzene rings is 1. The largest absolute Gasteiger partial charge is 0.493 e. The summed E-state index contributed by atoms with van der Waals surface area (Å²) in [6.07, 6.45) is 4.52. The Morgan fingerprint density at radius 2 is 1.83 bits per heavy atom. The zero-order valence-corrected chi connectivity index (χ0v) is 16.8. The molecule has 0 radical (unpaired) electrons. The maximum absolute atomic E-state index is 9.34. The smallest absolute Gasteiger partial charge is 0.210 e. The summed E-state index contributed by atoms with van der Waals surface area (Å²) in [7, 11) is 0. The standard InChI is InChI=1S/C22H25N3O5/c1-2-21-23-9-10-25(21)12-18-11-20(30-24-18)8-5-17-3-6-19(7-4-17)29-16-22(13-26,14-27)15-28/h3-4,6-7,9-11,26-28H,2,12-16H2,1H3. The van der Waals surface area contributed by atoms with E-state index in [-0.39, 0.29) is 26.4 Å². The summed E-state index contributed by atoms with van der Waals surface area (Å²) in [4.78, 5) is 4.29. The van der Waals surface area contributed by atoms with Crippen molar-refractivity contribution in [2.24, 2.45) is 5.41 Å². The van der Waals surface area contributed by atoms with Crippen LogP contribution in [0.3, 0.4) is 0 Å². The summed E-state index contributed by atoms with van der Waals surface area (Å²) in [5, 5.41) is 32.1. The maximum atomic E-state index is 9.34. The van der Waals surface area contributed by atoms with E-state index >= 15 is 0 Å². The molecular weight excluding hydrogens is 386 g/mol. The van der Waals surface area contributed by atoms with Crippen molar-refractivity contribution in [1.29, 1.82) is 0 Å². The zero-order valence-electron chi connectivity index (χ0n) is 16.8. The van der Waals surface area contributed by atoms with Gasteiger partial charge in [-0.1, -0.05) is 18.0 Å². The Morgan fingerprint density at radius 1 is 1.10 bits per heavy atom. The molecule has 0 saturated carbocycles. The van der Waals surface area contributed by atoms with Crippen LogP contribution in [-0.4, -0.2) is 56.5 Å². The van der Waals surface area contributed by atoms with Crippen LogP contribution >= 0.6 is 0 Å². The second-order valence-electron chi connectivity index (χ2n) is 7.04. The third kappa shape index (κ3) is 5.27. The maximum Gasteiger partial charge on any atom is 0.210 e. The first-order valence-corrected chi connectivity index (χ1v) is 9.64. The average molecular weight is 411 g/mol. The molecule has 2 aromatic heterocycles. The van der Waals surface area contributed by atoms with Gasteiger partial charge in [-0.2, -0.15) is 0 Å². The first-order chi connectivity index (χ1) is 14.6. The molecule has 0 bridgehead atoms. The van der Waals surface area contributed by atoms with Gasteiger partial charge in [0.2, 0.25) is 5.76 Å². The Labute approximate surface area is 174 Å². The van der Waals surface area contributed by atoms with Gasteiger partial charge in [0, 0.05) is 30.4 Å². The van der Waals surface area contributed by atoms with E-state index in [0.29, 0.717) is 18.1 Å². The van der Waals surface area contributed by atoms with Crippen molar-refractivity contribution in [1.82, 2.24) is 14.7 Å². The lowest BCUT2D eigenvalue weighted by molar-refractivity contribution is -0.0258. The lowest BCUT2D eigenvalue weighted by Crippen LogP contribution is -2.39. The Kier molecular flexibility index (Phi) is 7.25. The summed E-state index contributed by atoms with van der Waals surface area (Å²) in [6, 6.07) is 8.85. The van der Waals surface area contributed by atoms with E-state index in [9.17, 15) is 15.3 Å². The van der Waals surface area contributed by atoms with Crippen LogP contribution in [-0.2, 0) is 13.0 Å². The van der Waals surface area contributed by atoms with Gasteiger partial charge in [-0.3, -0.25) is 0 Å². The quantitative estimate of drug-likeness (QED) is 0.454. The molecule has 2 heterocycles. The van der Waals surface area contributed by atoms with Crippen molar-refractivity contribution in [3.05, 3.63) is 65.6 Å². The van der Waals surface area contributed by atoms with Crippen molar-refractivity contribution >= 4 is 0 Å². The van der Waals surface area contributed by atoms with E-state index < -0.39 is 5.41 Å². The third-order valence-corrected chi connectivity index (χ3v) is 4.74. The van der Waals surface area contributed by atoms with Gasteiger partial charge in [0.1, 0.15) is 23.9 Å². The topological polar surface area (TPSA) is 114 Å². The van der Waals surface area contributed by atoms with Gasteiger partial charge in [-0.15, -0.1) is 0 Å².